The van der Waals surface area contributed by atoms with Gasteiger partial charge in [0.1, 0.15) is 17.4 Å². The van der Waals surface area contributed by atoms with Crippen LogP contribution in [0.3, 0.4) is 0 Å². The van der Waals surface area contributed by atoms with Crippen LogP contribution in [0.25, 0.3) is 0 Å². The first-order valence-corrected chi connectivity index (χ1v) is 11.3. The minimum absolute atomic E-state index is 0.176. The molecule has 1 saturated heterocycles. The Bertz CT molecular complexity index is 1100. The van der Waals surface area contributed by atoms with Crippen molar-refractivity contribution >= 4 is 5.91 Å². The number of aromatic nitrogens is 4. The molecule has 1 N–H and O–H groups in total. The summed E-state index contributed by atoms with van der Waals surface area (Å²) in [7, 11) is 1.63. The number of nitrogens with one attached hydrogen (secondary N) is 1. The lowest BCUT2D eigenvalue weighted by atomic mass is 10.1. The number of rotatable bonds is 8. The van der Waals surface area contributed by atoms with E-state index in [4.69, 9.17) is 4.74 Å². The third-order valence-electron chi connectivity index (χ3n) is 5.95. The van der Waals surface area contributed by atoms with Crippen LogP contribution in [0.4, 0.5) is 0 Å². The molecule has 3 aromatic rings. The van der Waals surface area contributed by atoms with Crippen LogP contribution in [0.15, 0.2) is 42.9 Å². The molecular weight excluding hydrogens is 416 g/mol. The standard InChI is InChI=1S/C25H30N6O2/c1-4-23-26-12-19(13-27-23)15-31-9-8-20(16-31)24-28-14-22(17(2)30-24)25(32)29-11-18-6-5-7-21(10-18)33-3/h5-7,10,12-14,20H,4,8-9,11,15-16H2,1-3H3,(H,29,32). The number of carbonyl (C=O) groups is 1. The molecule has 0 saturated carbocycles. The zero-order chi connectivity index (χ0) is 23.2. The van der Waals surface area contributed by atoms with Gasteiger partial charge in [-0.15, -0.1) is 0 Å². The van der Waals surface area contributed by atoms with Crippen LogP contribution in [-0.2, 0) is 19.5 Å². The Kier molecular flexibility index (Phi) is 7.24. The highest BCUT2D eigenvalue weighted by Gasteiger charge is 2.27. The Morgan fingerprint density at radius 1 is 1.18 bits per heavy atom. The van der Waals surface area contributed by atoms with E-state index in [1.54, 1.807) is 13.3 Å². The molecule has 0 spiro atoms. The Labute approximate surface area is 194 Å². The largest absolute Gasteiger partial charge is 0.497 e. The number of carbonyl (C=O) groups excluding carboxylic acids is 1. The smallest absolute Gasteiger partial charge is 0.254 e. The topological polar surface area (TPSA) is 93.1 Å². The number of methoxy groups -OCH3 is 1. The fourth-order valence-corrected chi connectivity index (χ4v) is 4.06. The van der Waals surface area contributed by atoms with E-state index in [9.17, 15) is 4.79 Å². The summed E-state index contributed by atoms with van der Waals surface area (Å²) in [4.78, 5) is 33.1. The molecule has 1 aliphatic heterocycles. The lowest BCUT2D eigenvalue weighted by Gasteiger charge is -2.16. The lowest BCUT2D eigenvalue weighted by Crippen LogP contribution is -2.25. The zero-order valence-electron chi connectivity index (χ0n) is 19.4. The van der Waals surface area contributed by atoms with Crippen molar-refractivity contribution in [2.24, 2.45) is 0 Å². The second-order valence-electron chi connectivity index (χ2n) is 8.34. The van der Waals surface area contributed by atoms with Crippen LogP contribution in [0.5, 0.6) is 5.75 Å². The van der Waals surface area contributed by atoms with E-state index >= 15 is 0 Å². The molecule has 1 amide bonds. The molecule has 2 aromatic heterocycles. The first-order chi connectivity index (χ1) is 16.1. The van der Waals surface area contributed by atoms with Gasteiger partial charge in [-0.2, -0.15) is 0 Å². The summed E-state index contributed by atoms with van der Waals surface area (Å²) < 4.78 is 5.24. The van der Waals surface area contributed by atoms with E-state index in [-0.39, 0.29) is 11.8 Å². The van der Waals surface area contributed by atoms with Gasteiger partial charge in [-0.1, -0.05) is 19.1 Å². The van der Waals surface area contributed by atoms with Crippen molar-refractivity contribution < 1.29 is 9.53 Å². The van der Waals surface area contributed by atoms with E-state index in [0.29, 0.717) is 17.8 Å². The molecule has 1 aromatic carbocycles. The van der Waals surface area contributed by atoms with Crippen LogP contribution in [0.2, 0.25) is 0 Å². The molecule has 1 aliphatic rings. The first-order valence-electron chi connectivity index (χ1n) is 11.3. The summed E-state index contributed by atoms with van der Waals surface area (Å²) in [5, 5.41) is 2.94. The molecule has 33 heavy (non-hydrogen) atoms. The number of hydrogen-bond acceptors (Lipinski definition) is 7. The monoisotopic (exact) mass is 446 g/mol. The van der Waals surface area contributed by atoms with Crippen LogP contribution in [0.1, 0.15) is 58.1 Å². The Morgan fingerprint density at radius 3 is 2.73 bits per heavy atom. The molecule has 0 bridgehead atoms. The Hall–Kier alpha value is -3.39. The number of nitrogens with zero attached hydrogens (tertiary/aromatic N) is 5. The van der Waals surface area contributed by atoms with Crippen molar-refractivity contribution in [3.8, 4) is 5.75 Å². The van der Waals surface area contributed by atoms with Crippen molar-refractivity contribution in [2.75, 3.05) is 20.2 Å². The fourth-order valence-electron chi connectivity index (χ4n) is 4.06. The summed E-state index contributed by atoms with van der Waals surface area (Å²) in [5.74, 6) is 2.52. The van der Waals surface area contributed by atoms with Gasteiger partial charge in [0.2, 0.25) is 0 Å². The minimum Gasteiger partial charge on any atom is -0.497 e. The number of hydrogen-bond donors (Lipinski definition) is 1. The molecule has 0 radical (unpaired) electrons. The van der Waals surface area contributed by atoms with Gasteiger partial charge in [0.15, 0.2) is 0 Å². The van der Waals surface area contributed by atoms with Crippen molar-refractivity contribution in [1.82, 2.24) is 30.2 Å². The second kappa shape index (κ2) is 10.5. The molecule has 0 aliphatic carbocycles. The quantitative estimate of drug-likeness (QED) is 0.568. The molecule has 1 fully saturated rings. The SMILES string of the molecule is CCc1ncc(CN2CCC(c3ncc(C(=O)NCc4cccc(OC)c4)c(C)n3)C2)cn1. The van der Waals surface area contributed by atoms with Gasteiger partial charge in [-0.05, 0) is 37.6 Å². The fraction of sp³-hybridized carbons (Fsp3) is 0.400. The first kappa shape index (κ1) is 22.8. The predicted molar refractivity (Wildman–Crippen MR) is 125 cm³/mol. The third-order valence-corrected chi connectivity index (χ3v) is 5.95. The third kappa shape index (κ3) is 5.70. The molecular formula is C25H30N6O2. The van der Waals surface area contributed by atoms with E-state index in [2.05, 4.69) is 37.1 Å². The Balaban J connectivity index is 1.34. The van der Waals surface area contributed by atoms with E-state index < -0.39 is 0 Å². The summed E-state index contributed by atoms with van der Waals surface area (Å²) in [6, 6.07) is 7.64. The molecule has 172 valence electrons. The van der Waals surface area contributed by atoms with Crippen molar-refractivity contribution in [1.29, 1.82) is 0 Å². The van der Waals surface area contributed by atoms with Gasteiger partial charge < -0.3 is 10.1 Å². The highest BCUT2D eigenvalue weighted by Crippen LogP contribution is 2.26. The highest BCUT2D eigenvalue weighted by atomic mass is 16.5. The molecule has 8 heteroatoms. The number of ether oxygens (including phenoxy) is 1. The van der Waals surface area contributed by atoms with E-state index in [0.717, 1.165) is 61.0 Å². The average molecular weight is 447 g/mol. The molecule has 8 nitrogen and oxygen atoms in total. The normalized spacial score (nSPS) is 16.0. The van der Waals surface area contributed by atoms with Crippen molar-refractivity contribution in [3.63, 3.8) is 0 Å². The lowest BCUT2D eigenvalue weighted by molar-refractivity contribution is 0.0949. The second-order valence-corrected chi connectivity index (χ2v) is 8.34. The molecule has 1 unspecified atom stereocenters. The maximum atomic E-state index is 12.7. The molecule has 1 atom stereocenters. The average Bonchev–Trinajstić information content (AvgIpc) is 3.31. The number of benzene rings is 1. The van der Waals surface area contributed by atoms with Gasteiger partial charge in [-0.3, -0.25) is 9.69 Å². The number of amides is 1. The van der Waals surface area contributed by atoms with Crippen molar-refractivity contribution in [2.45, 2.75) is 45.7 Å². The summed E-state index contributed by atoms with van der Waals surface area (Å²) in [6.07, 6.45) is 7.32. The zero-order valence-corrected chi connectivity index (χ0v) is 19.4. The Morgan fingerprint density at radius 2 is 2.00 bits per heavy atom. The van der Waals surface area contributed by atoms with Crippen molar-refractivity contribution in [3.05, 3.63) is 76.9 Å². The van der Waals surface area contributed by atoms with E-state index in [1.807, 2.05) is 43.6 Å². The maximum Gasteiger partial charge on any atom is 0.254 e. The van der Waals surface area contributed by atoms with Gasteiger partial charge in [0.25, 0.3) is 5.91 Å². The van der Waals surface area contributed by atoms with E-state index in [1.165, 1.54) is 0 Å². The van der Waals surface area contributed by atoms with Gasteiger partial charge in [-0.25, -0.2) is 19.9 Å². The van der Waals surface area contributed by atoms with Gasteiger partial charge in [0, 0.05) is 56.1 Å². The van der Waals surface area contributed by atoms with Crippen LogP contribution in [-0.4, -0.2) is 50.9 Å². The highest BCUT2D eigenvalue weighted by molar-refractivity contribution is 5.94. The van der Waals surface area contributed by atoms with Crippen LogP contribution >= 0.6 is 0 Å². The predicted octanol–water partition coefficient (Wildman–Crippen LogP) is 3.07. The molecule has 4 rings (SSSR count). The minimum atomic E-state index is -0.176. The molecule has 3 heterocycles. The van der Waals surface area contributed by atoms with Crippen LogP contribution < -0.4 is 10.1 Å². The van der Waals surface area contributed by atoms with Gasteiger partial charge >= 0.3 is 0 Å². The summed E-state index contributed by atoms with van der Waals surface area (Å²) in [5.41, 5.74) is 3.29. The summed E-state index contributed by atoms with van der Waals surface area (Å²) in [6.45, 7) is 7.02. The van der Waals surface area contributed by atoms with Crippen LogP contribution in [0, 0.1) is 6.92 Å². The number of aryl methyl sites for hydroxylation is 2. The summed E-state index contributed by atoms with van der Waals surface area (Å²) >= 11 is 0. The number of likely N-dealkylation sites (tertiary alicyclic amines) is 1. The maximum absolute atomic E-state index is 12.7. The van der Waals surface area contributed by atoms with Gasteiger partial charge in [0.05, 0.1) is 18.4 Å².